The number of carboxylic acids is 1. The second-order valence-electron chi connectivity index (χ2n) is 4.03. The molecule has 0 saturated carbocycles. The molecule has 0 bridgehead atoms. The van der Waals surface area contributed by atoms with Gasteiger partial charge in [0.2, 0.25) is 0 Å². The Morgan fingerprint density at radius 1 is 1.42 bits per heavy atom. The van der Waals surface area contributed by atoms with Crippen LogP contribution >= 0.6 is 27.7 Å². The highest BCUT2D eigenvalue weighted by Gasteiger charge is 2.07. The van der Waals surface area contributed by atoms with Crippen LogP contribution in [0.25, 0.3) is 0 Å². The molecule has 0 spiro atoms. The third kappa shape index (κ3) is 3.58. The molecule has 0 unspecified atom stereocenters. The summed E-state index contributed by atoms with van der Waals surface area (Å²) in [6.07, 6.45) is 1.76. The van der Waals surface area contributed by atoms with Crippen molar-refractivity contribution < 1.29 is 9.90 Å². The first-order valence-corrected chi connectivity index (χ1v) is 7.42. The number of benzene rings is 1. The lowest BCUT2D eigenvalue weighted by Crippen LogP contribution is -1.98. The number of carboxylic acid groups (broad SMARTS) is 1. The van der Waals surface area contributed by atoms with Crippen LogP contribution in [-0.4, -0.2) is 16.1 Å². The number of carbonyl (C=O) groups is 1. The van der Waals surface area contributed by atoms with E-state index in [1.807, 2.05) is 25.1 Å². The Morgan fingerprint density at radius 2 is 2.21 bits per heavy atom. The zero-order valence-electron chi connectivity index (χ0n) is 10.3. The molecule has 0 radical (unpaired) electrons. The summed E-state index contributed by atoms with van der Waals surface area (Å²) < 4.78 is 0.972. The number of nitrogens with zero attached hydrogens (tertiary/aromatic N) is 1. The lowest BCUT2D eigenvalue weighted by Gasteiger charge is -2.07. The van der Waals surface area contributed by atoms with Crippen LogP contribution in [0.15, 0.2) is 46.0 Å². The molecule has 19 heavy (non-hydrogen) atoms. The summed E-state index contributed by atoms with van der Waals surface area (Å²) in [6, 6.07) is 9.03. The van der Waals surface area contributed by atoms with Crippen LogP contribution in [0.2, 0.25) is 0 Å². The van der Waals surface area contributed by atoms with E-state index in [4.69, 9.17) is 5.11 Å². The maximum atomic E-state index is 10.9. The molecule has 1 aromatic heterocycles. The molecule has 0 aliphatic carbocycles. The van der Waals surface area contributed by atoms with Gasteiger partial charge in [0.1, 0.15) is 5.03 Å². The molecule has 2 rings (SSSR count). The average molecular weight is 338 g/mol. The van der Waals surface area contributed by atoms with E-state index >= 15 is 0 Å². The molecule has 1 heterocycles. The van der Waals surface area contributed by atoms with Gasteiger partial charge in [-0.15, -0.1) is 11.8 Å². The molecule has 5 heteroatoms. The number of rotatable bonds is 4. The highest BCUT2D eigenvalue weighted by molar-refractivity contribution is 9.10. The van der Waals surface area contributed by atoms with Crippen molar-refractivity contribution >= 4 is 33.7 Å². The molecule has 0 fully saturated rings. The van der Waals surface area contributed by atoms with E-state index in [1.165, 1.54) is 0 Å². The molecule has 1 N–H and O–H groups in total. The number of aryl methyl sites for hydroxylation is 1. The van der Waals surface area contributed by atoms with Crippen LogP contribution in [0.5, 0.6) is 0 Å². The Labute approximate surface area is 124 Å². The number of aromatic carboxylic acids is 1. The minimum atomic E-state index is -0.894. The molecule has 0 aliphatic rings. The van der Waals surface area contributed by atoms with E-state index in [0.717, 1.165) is 26.4 Å². The summed E-state index contributed by atoms with van der Waals surface area (Å²) in [7, 11) is 0. The predicted octanol–water partition coefficient (Wildman–Crippen LogP) is 4.14. The molecule has 1 aromatic carbocycles. The third-order valence-electron chi connectivity index (χ3n) is 2.68. The van der Waals surface area contributed by atoms with Crippen LogP contribution < -0.4 is 0 Å². The summed E-state index contributed by atoms with van der Waals surface area (Å²) in [5.41, 5.74) is 2.43. The van der Waals surface area contributed by atoms with Crippen molar-refractivity contribution in [3.8, 4) is 0 Å². The molecular weight excluding hydrogens is 326 g/mol. The largest absolute Gasteiger partial charge is 0.478 e. The summed E-state index contributed by atoms with van der Waals surface area (Å²) in [6.45, 7) is 1.93. The first kappa shape index (κ1) is 14.1. The van der Waals surface area contributed by atoms with E-state index in [-0.39, 0.29) is 0 Å². The van der Waals surface area contributed by atoms with E-state index < -0.39 is 5.97 Å². The van der Waals surface area contributed by atoms with E-state index in [0.29, 0.717) is 5.56 Å². The van der Waals surface area contributed by atoms with E-state index in [9.17, 15) is 4.79 Å². The lowest BCUT2D eigenvalue weighted by atomic mass is 10.1. The first-order valence-electron chi connectivity index (χ1n) is 5.64. The van der Waals surface area contributed by atoms with Gasteiger partial charge in [-0.05, 0) is 58.2 Å². The van der Waals surface area contributed by atoms with Gasteiger partial charge in [0, 0.05) is 16.4 Å². The van der Waals surface area contributed by atoms with Crippen molar-refractivity contribution in [2.75, 3.05) is 0 Å². The third-order valence-corrected chi connectivity index (χ3v) is 4.64. The fraction of sp³-hybridized carbons (Fsp3) is 0.143. The van der Waals surface area contributed by atoms with Crippen LogP contribution in [0, 0.1) is 6.92 Å². The van der Waals surface area contributed by atoms with Gasteiger partial charge in [0.25, 0.3) is 0 Å². The van der Waals surface area contributed by atoms with Gasteiger partial charge in [-0.25, -0.2) is 9.78 Å². The van der Waals surface area contributed by atoms with Crippen molar-refractivity contribution in [3.63, 3.8) is 0 Å². The van der Waals surface area contributed by atoms with Gasteiger partial charge in [0.05, 0.1) is 5.56 Å². The lowest BCUT2D eigenvalue weighted by molar-refractivity contribution is 0.0697. The van der Waals surface area contributed by atoms with Crippen LogP contribution in [0.3, 0.4) is 0 Å². The molecule has 2 aromatic rings. The van der Waals surface area contributed by atoms with Crippen LogP contribution in [0.1, 0.15) is 21.5 Å². The van der Waals surface area contributed by atoms with Crippen LogP contribution in [-0.2, 0) is 5.75 Å². The summed E-state index contributed by atoms with van der Waals surface area (Å²) >= 11 is 5.08. The number of thioether (sulfide) groups is 1. The Bertz CT molecular complexity index is 616. The van der Waals surface area contributed by atoms with Crippen molar-refractivity contribution in [3.05, 3.63) is 57.7 Å². The molecule has 0 amide bonds. The normalized spacial score (nSPS) is 10.4. The number of hydrogen-bond donors (Lipinski definition) is 1. The van der Waals surface area contributed by atoms with Crippen molar-refractivity contribution in [1.29, 1.82) is 0 Å². The minimum absolute atomic E-state index is 0.324. The highest BCUT2D eigenvalue weighted by Crippen LogP contribution is 2.28. The molecule has 0 atom stereocenters. The number of hydrogen-bond acceptors (Lipinski definition) is 3. The van der Waals surface area contributed by atoms with Gasteiger partial charge in [0.15, 0.2) is 0 Å². The molecular formula is C14H12BrNO2S. The summed E-state index contributed by atoms with van der Waals surface area (Å²) in [4.78, 5) is 15.2. The highest BCUT2D eigenvalue weighted by atomic mass is 79.9. The van der Waals surface area contributed by atoms with Gasteiger partial charge in [-0.1, -0.05) is 6.07 Å². The smallest absolute Gasteiger partial charge is 0.335 e. The number of halogens is 1. The van der Waals surface area contributed by atoms with Gasteiger partial charge >= 0.3 is 5.97 Å². The standard InChI is InChI=1S/C14H12BrNO2S/c1-9-7-10(14(17)18)4-5-11(9)8-19-13-12(15)3-2-6-16-13/h2-7H,8H2,1H3,(H,17,18). The summed E-state index contributed by atoms with van der Waals surface area (Å²) in [5.74, 6) is -0.129. The van der Waals surface area contributed by atoms with Crippen molar-refractivity contribution in [1.82, 2.24) is 4.98 Å². The SMILES string of the molecule is Cc1cc(C(=O)O)ccc1CSc1ncccc1Br. The fourth-order valence-corrected chi connectivity index (χ4v) is 3.17. The first-order chi connectivity index (χ1) is 9.08. The average Bonchev–Trinajstić information content (AvgIpc) is 2.39. The second-order valence-corrected chi connectivity index (χ2v) is 5.84. The number of aromatic nitrogens is 1. The number of pyridine rings is 1. The molecule has 0 aliphatic heterocycles. The van der Waals surface area contributed by atoms with Crippen LogP contribution in [0.4, 0.5) is 0 Å². The minimum Gasteiger partial charge on any atom is -0.478 e. The zero-order chi connectivity index (χ0) is 13.8. The predicted molar refractivity (Wildman–Crippen MR) is 79.6 cm³/mol. The zero-order valence-corrected chi connectivity index (χ0v) is 12.7. The monoisotopic (exact) mass is 337 g/mol. The topological polar surface area (TPSA) is 50.2 Å². The van der Waals surface area contributed by atoms with E-state index in [1.54, 1.807) is 30.1 Å². The Hall–Kier alpha value is -1.33. The molecule has 0 saturated heterocycles. The Kier molecular flexibility index (Phi) is 4.61. The second kappa shape index (κ2) is 6.21. The molecule has 3 nitrogen and oxygen atoms in total. The molecule has 98 valence electrons. The maximum Gasteiger partial charge on any atom is 0.335 e. The quantitative estimate of drug-likeness (QED) is 0.851. The van der Waals surface area contributed by atoms with Gasteiger partial charge in [-0.3, -0.25) is 0 Å². The fourth-order valence-electron chi connectivity index (χ4n) is 1.61. The van der Waals surface area contributed by atoms with Crippen molar-refractivity contribution in [2.24, 2.45) is 0 Å². The van der Waals surface area contributed by atoms with E-state index in [2.05, 4.69) is 20.9 Å². The van der Waals surface area contributed by atoms with Gasteiger partial charge < -0.3 is 5.11 Å². The summed E-state index contributed by atoms with van der Waals surface area (Å²) in [5, 5.41) is 9.86. The Balaban J connectivity index is 2.12. The van der Waals surface area contributed by atoms with Gasteiger partial charge in [-0.2, -0.15) is 0 Å². The van der Waals surface area contributed by atoms with Crippen molar-refractivity contribution in [2.45, 2.75) is 17.7 Å². The Morgan fingerprint density at radius 3 is 2.84 bits per heavy atom. The maximum absolute atomic E-state index is 10.9.